The van der Waals surface area contributed by atoms with E-state index in [2.05, 4.69) is 5.32 Å². The van der Waals surface area contributed by atoms with Crippen molar-refractivity contribution in [2.75, 3.05) is 27.3 Å². The smallest absolute Gasteiger partial charge is 0.167 e. The zero-order valence-corrected chi connectivity index (χ0v) is 12.8. The number of nitrogens with one attached hydrogen (secondary N) is 1. The fraction of sp³-hybridized carbons (Fsp3) is 0.625. The van der Waals surface area contributed by atoms with Crippen molar-refractivity contribution in [1.29, 1.82) is 0 Å². The maximum atomic E-state index is 14.5. The molecule has 2 rings (SSSR count). The molecule has 1 N–H and O–H groups in total. The van der Waals surface area contributed by atoms with E-state index in [0.29, 0.717) is 23.0 Å². The molecule has 1 aromatic rings. The van der Waals surface area contributed by atoms with Gasteiger partial charge in [-0.1, -0.05) is 0 Å². The molecule has 0 spiro atoms. The Hall–Kier alpha value is -1.29. The Kier molecular flexibility index (Phi) is 4.53. The van der Waals surface area contributed by atoms with Crippen molar-refractivity contribution in [1.82, 2.24) is 5.32 Å². The Morgan fingerprint density at radius 2 is 1.80 bits per heavy atom. The predicted octanol–water partition coefficient (Wildman–Crippen LogP) is 3.38. The van der Waals surface area contributed by atoms with Crippen molar-refractivity contribution in [3.8, 4) is 11.5 Å². The molecule has 1 aliphatic heterocycles. The van der Waals surface area contributed by atoms with Gasteiger partial charge in [0, 0.05) is 5.56 Å². The van der Waals surface area contributed by atoms with Crippen LogP contribution in [0, 0.1) is 0 Å². The molecule has 3 nitrogen and oxygen atoms in total. The molecular weight excluding hydrogens is 257 g/mol. The number of hydrogen-bond acceptors (Lipinski definition) is 3. The first kappa shape index (κ1) is 15.1. The molecule has 0 amide bonds. The maximum Gasteiger partial charge on any atom is 0.167 e. The second kappa shape index (κ2) is 6.00. The molecule has 1 heterocycles. The van der Waals surface area contributed by atoms with Gasteiger partial charge in [-0.05, 0) is 63.4 Å². The lowest BCUT2D eigenvalue weighted by atomic mass is 9.86. The highest BCUT2D eigenvalue weighted by Gasteiger charge is 2.28. The minimum atomic E-state index is -1.46. The zero-order chi connectivity index (χ0) is 14.8. The van der Waals surface area contributed by atoms with Gasteiger partial charge in [0.1, 0.15) is 5.67 Å². The first-order valence-electron chi connectivity index (χ1n) is 7.13. The van der Waals surface area contributed by atoms with Crippen LogP contribution in [0.4, 0.5) is 4.39 Å². The topological polar surface area (TPSA) is 30.5 Å². The van der Waals surface area contributed by atoms with E-state index in [1.165, 1.54) is 0 Å². The predicted molar refractivity (Wildman–Crippen MR) is 78.5 cm³/mol. The van der Waals surface area contributed by atoms with Crippen molar-refractivity contribution < 1.29 is 13.9 Å². The lowest BCUT2D eigenvalue weighted by molar-refractivity contribution is 0.210. The standard InChI is InChI=1S/C16H24FNO2/c1-16(2,17)13-9-12(11-5-7-18-8-6-11)10-14(19-3)15(13)20-4/h9-11,18H,5-8H2,1-4H3. The van der Waals surface area contributed by atoms with Crippen LogP contribution in [0.1, 0.15) is 43.7 Å². The van der Waals surface area contributed by atoms with Gasteiger partial charge in [-0.25, -0.2) is 4.39 Å². The Balaban J connectivity index is 2.48. The first-order chi connectivity index (χ1) is 9.47. The average Bonchev–Trinajstić information content (AvgIpc) is 2.45. The summed E-state index contributed by atoms with van der Waals surface area (Å²) >= 11 is 0. The zero-order valence-electron chi connectivity index (χ0n) is 12.8. The van der Waals surface area contributed by atoms with E-state index < -0.39 is 5.67 Å². The van der Waals surface area contributed by atoms with Crippen molar-refractivity contribution in [3.63, 3.8) is 0 Å². The van der Waals surface area contributed by atoms with E-state index >= 15 is 0 Å². The highest BCUT2D eigenvalue weighted by atomic mass is 19.1. The Bertz CT molecular complexity index is 462. The van der Waals surface area contributed by atoms with Crippen molar-refractivity contribution in [2.24, 2.45) is 0 Å². The van der Waals surface area contributed by atoms with E-state index in [1.807, 2.05) is 12.1 Å². The molecule has 20 heavy (non-hydrogen) atoms. The van der Waals surface area contributed by atoms with E-state index in [-0.39, 0.29) is 0 Å². The van der Waals surface area contributed by atoms with Crippen LogP contribution in [0.15, 0.2) is 12.1 Å². The Labute approximate surface area is 120 Å². The summed E-state index contributed by atoms with van der Waals surface area (Å²) in [5, 5.41) is 3.35. The summed E-state index contributed by atoms with van der Waals surface area (Å²) in [6, 6.07) is 3.93. The third-order valence-corrected chi connectivity index (χ3v) is 3.95. The SMILES string of the molecule is COc1cc(C2CCNCC2)cc(C(C)(C)F)c1OC. The summed E-state index contributed by atoms with van der Waals surface area (Å²) in [6.07, 6.45) is 2.14. The summed E-state index contributed by atoms with van der Waals surface area (Å²) in [5.41, 5.74) is 0.249. The van der Waals surface area contributed by atoms with Gasteiger partial charge < -0.3 is 14.8 Å². The van der Waals surface area contributed by atoms with E-state index in [9.17, 15) is 4.39 Å². The van der Waals surface area contributed by atoms with E-state index in [1.54, 1.807) is 28.1 Å². The van der Waals surface area contributed by atoms with Crippen molar-refractivity contribution in [3.05, 3.63) is 23.3 Å². The number of alkyl halides is 1. The summed E-state index contributed by atoms with van der Waals surface area (Å²) in [7, 11) is 3.15. The van der Waals surface area contributed by atoms with Gasteiger partial charge in [-0.15, -0.1) is 0 Å². The number of methoxy groups -OCH3 is 2. The van der Waals surface area contributed by atoms with Crippen LogP contribution >= 0.6 is 0 Å². The fourth-order valence-electron chi connectivity index (χ4n) is 2.82. The number of benzene rings is 1. The van der Waals surface area contributed by atoms with E-state index in [0.717, 1.165) is 31.5 Å². The molecule has 1 saturated heterocycles. The summed E-state index contributed by atoms with van der Waals surface area (Å²) < 4.78 is 25.2. The van der Waals surface area contributed by atoms with Crippen LogP contribution < -0.4 is 14.8 Å². The van der Waals surface area contributed by atoms with Crippen LogP contribution in [-0.4, -0.2) is 27.3 Å². The third kappa shape index (κ3) is 3.06. The third-order valence-electron chi connectivity index (χ3n) is 3.95. The van der Waals surface area contributed by atoms with Crippen LogP contribution in [-0.2, 0) is 5.67 Å². The number of piperidine rings is 1. The molecule has 0 bridgehead atoms. The highest BCUT2D eigenvalue weighted by Crippen LogP contribution is 2.42. The Morgan fingerprint density at radius 3 is 2.30 bits per heavy atom. The average molecular weight is 281 g/mol. The minimum absolute atomic E-state index is 0.456. The maximum absolute atomic E-state index is 14.5. The van der Waals surface area contributed by atoms with Crippen molar-refractivity contribution >= 4 is 0 Å². The molecule has 0 radical (unpaired) electrons. The van der Waals surface area contributed by atoms with Gasteiger partial charge in [-0.3, -0.25) is 0 Å². The Morgan fingerprint density at radius 1 is 1.15 bits per heavy atom. The lowest BCUT2D eigenvalue weighted by Crippen LogP contribution is -2.27. The van der Waals surface area contributed by atoms with Gasteiger partial charge in [0.25, 0.3) is 0 Å². The number of ether oxygens (including phenoxy) is 2. The molecule has 112 valence electrons. The monoisotopic (exact) mass is 281 g/mol. The number of rotatable bonds is 4. The van der Waals surface area contributed by atoms with Crippen LogP contribution in [0.25, 0.3) is 0 Å². The van der Waals surface area contributed by atoms with Gasteiger partial charge in [0.05, 0.1) is 14.2 Å². The number of halogens is 1. The number of hydrogen-bond donors (Lipinski definition) is 1. The first-order valence-corrected chi connectivity index (χ1v) is 7.13. The fourth-order valence-corrected chi connectivity index (χ4v) is 2.82. The minimum Gasteiger partial charge on any atom is -0.493 e. The van der Waals surface area contributed by atoms with Crippen LogP contribution in [0.2, 0.25) is 0 Å². The molecule has 0 aliphatic carbocycles. The second-order valence-electron chi connectivity index (χ2n) is 5.80. The summed E-state index contributed by atoms with van der Waals surface area (Å²) in [5.74, 6) is 1.57. The molecule has 0 saturated carbocycles. The lowest BCUT2D eigenvalue weighted by Gasteiger charge is -2.27. The molecule has 1 aromatic carbocycles. The molecule has 1 aliphatic rings. The highest BCUT2D eigenvalue weighted by molar-refractivity contribution is 5.52. The summed E-state index contributed by atoms with van der Waals surface area (Å²) in [4.78, 5) is 0. The molecule has 1 fully saturated rings. The molecular formula is C16H24FNO2. The normalized spacial score (nSPS) is 17.1. The summed E-state index contributed by atoms with van der Waals surface area (Å²) in [6.45, 7) is 5.12. The largest absolute Gasteiger partial charge is 0.493 e. The molecule has 4 heteroatoms. The molecule has 0 aromatic heterocycles. The molecule has 0 unspecified atom stereocenters. The molecule has 0 atom stereocenters. The van der Waals surface area contributed by atoms with Crippen LogP contribution in [0.5, 0.6) is 11.5 Å². The van der Waals surface area contributed by atoms with Gasteiger partial charge in [-0.2, -0.15) is 0 Å². The van der Waals surface area contributed by atoms with Gasteiger partial charge in [0.2, 0.25) is 0 Å². The van der Waals surface area contributed by atoms with Gasteiger partial charge >= 0.3 is 0 Å². The second-order valence-corrected chi connectivity index (χ2v) is 5.80. The quantitative estimate of drug-likeness (QED) is 0.918. The van der Waals surface area contributed by atoms with Crippen LogP contribution in [0.3, 0.4) is 0 Å². The van der Waals surface area contributed by atoms with Crippen molar-refractivity contribution in [2.45, 2.75) is 38.3 Å². The van der Waals surface area contributed by atoms with E-state index in [4.69, 9.17) is 9.47 Å². The van der Waals surface area contributed by atoms with Gasteiger partial charge in [0.15, 0.2) is 11.5 Å².